The highest BCUT2D eigenvalue weighted by atomic mass is 16.7. The van der Waals surface area contributed by atoms with Crippen molar-refractivity contribution in [3.63, 3.8) is 0 Å². The maximum atomic E-state index is 11.4. The lowest BCUT2D eigenvalue weighted by molar-refractivity contribution is -0.302. The molecule has 0 aromatic rings. The van der Waals surface area contributed by atoms with E-state index in [0.29, 0.717) is 50.6 Å². The number of carbonyl (C=O) groups is 1. The van der Waals surface area contributed by atoms with Crippen LogP contribution in [-0.2, 0) is 23.7 Å². The van der Waals surface area contributed by atoms with E-state index in [1.54, 1.807) is 0 Å². The third kappa shape index (κ3) is 2.38. The first-order valence-corrected chi connectivity index (χ1v) is 11.1. The molecule has 28 heavy (non-hydrogen) atoms. The smallest absolute Gasteiger partial charge is 0.303 e. The fourth-order valence-electron chi connectivity index (χ4n) is 7.96. The summed E-state index contributed by atoms with van der Waals surface area (Å²) in [6.07, 6.45) is 7.00. The Morgan fingerprint density at radius 1 is 0.857 bits per heavy atom. The van der Waals surface area contributed by atoms with E-state index in [4.69, 9.17) is 18.9 Å². The first-order valence-electron chi connectivity index (χ1n) is 11.1. The molecule has 5 fully saturated rings. The average Bonchev–Trinajstić information content (AvgIpc) is 3.39. The zero-order valence-electron chi connectivity index (χ0n) is 17.2. The van der Waals surface area contributed by atoms with Gasteiger partial charge < -0.3 is 24.1 Å². The first kappa shape index (κ1) is 19.3. The van der Waals surface area contributed by atoms with Gasteiger partial charge in [0.15, 0.2) is 11.6 Å². The highest BCUT2D eigenvalue weighted by Crippen LogP contribution is 2.70. The average molecular weight is 395 g/mol. The van der Waals surface area contributed by atoms with E-state index in [1.165, 1.54) is 0 Å². The molecule has 6 heteroatoms. The molecule has 0 radical (unpaired) electrons. The number of rotatable bonds is 3. The molecule has 5 unspecified atom stereocenters. The third-order valence-electron chi connectivity index (χ3n) is 9.34. The van der Waals surface area contributed by atoms with Gasteiger partial charge in [-0.3, -0.25) is 4.79 Å². The lowest BCUT2D eigenvalue weighted by Crippen LogP contribution is -2.62. The van der Waals surface area contributed by atoms with Crippen LogP contribution in [0.2, 0.25) is 0 Å². The van der Waals surface area contributed by atoms with Crippen LogP contribution in [0, 0.1) is 28.6 Å². The minimum Gasteiger partial charge on any atom is -0.481 e. The normalized spacial score (nSPS) is 46.0. The Kier molecular flexibility index (Phi) is 4.41. The molecule has 5 aliphatic rings. The Bertz CT molecular complexity index is 637. The van der Waals surface area contributed by atoms with E-state index in [2.05, 4.69) is 13.8 Å². The van der Waals surface area contributed by atoms with Crippen molar-refractivity contribution < 1.29 is 28.8 Å². The van der Waals surface area contributed by atoms with E-state index >= 15 is 0 Å². The molecule has 6 nitrogen and oxygen atoms in total. The standard InChI is InChI=1S/C22H34O6/c1-19-7-4-16-15(17(19)5-10-22(19)27-13-14-28-22)3-9-21(25-11-12-26-21)20(16,2)8-6-18(23)24/h15-17H,3-14H2,1-2H3,(H,23,24). The molecule has 0 aromatic carbocycles. The maximum Gasteiger partial charge on any atom is 0.303 e. The quantitative estimate of drug-likeness (QED) is 0.789. The minimum absolute atomic E-state index is 0.0558. The van der Waals surface area contributed by atoms with Crippen molar-refractivity contribution in [3.8, 4) is 0 Å². The zero-order chi connectivity index (χ0) is 19.6. The molecule has 3 saturated carbocycles. The third-order valence-corrected chi connectivity index (χ3v) is 9.34. The lowest BCUT2D eigenvalue weighted by Gasteiger charge is -2.61. The van der Waals surface area contributed by atoms with Crippen molar-refractivity contribution in [3.05, 3.63) is 0 Å². The predicted octanol–water partition coefficient (Wildman–Crippen LogP) is 3.58. The van der Waals surface area contributed by atoms with Gasteiger partial charge in [-0.1, -0.05) is 13.8 Å². The van der Waals surface area contributed by atoms with Gasteiger partial charge in [0.1, 0.15) is 0 Å². The molecule has 5 atom stereocenters. The lowest BCUT2D eigenvalue weighted by atomic mass is 9.47. The number of carboxylic acid groups (broad SMARTS) is 1. The van der Waals surface area contributed by atoms with Gasteiger partial charge in [0.2, 0.25) is 0 Å². The van der Waals surface area contributed by atoms with Crippen molar-refractivity contribution in [2.45, 2.75) is 76.8 Å². The number of ether oxygens (including phenoxy) is 4. The SMILES string of the molecule is CC1(CCC(=O)O)C2CCC3(C)C(CCC34OCCO4)C2CCC12OCCO2. The molecule has 0 amide bonds. The van der Waals surface area contributed by atoms with Crippen LogP contribution in [0.1, 0.15) is 65.2 Å². The molecular weight excluding hydrogens is 360 g/mol. The number of hydrogen-bond donors (Lipinski definition) is 1. The Balaban J connectivity index is 1.47. The number of aliphatic carboxylic acids is 1. The van der Waals surface area contributed by atoms with Crippen molar-refractivity contribution in [2.75, 3.05) is 26.4 Å². The summed E-state index contributed by atoms with van der Waals surface area (Å²) in [5.74, 6) is -0.183. The van der Waals surface area contributed by atoms with Gasteiger partial charge in [0, 0.05) is 30.1 Å². The molecule has 5 rings (SSSR count). The Morgan fingerprint density at radius 2 is 1.43 bits per heavy atom. The summed E-state index contributed by atoms with van der Waals surface area (Å²) in [5.41, 5.74) is -0.209. The summed E-state index contributed by atoms with van der Waals surface area (Å²) in [6.45, 7) is 7.27. The highest BCUT2D eigenvalue weighted by molar-refractivity contribution is 5.66. The highest BCUT2D eigenvalue weighted by Gasteiger charge is 2.70. The molecule has 158 valence electrons. The van der Waals surface area contributed by atoms with Gasteiger partial charge in [-0.15, -0.1) is 0 Å². The van der Waals surface area contributed by atoms with Gasteiger partial charge >= 0.3 is 5.97 Å². The molecule has 2 heterocycles. The Morgan fingerprint density at radius 3 is 2.07 bits per heavy atom. The topological polar surface area (TPSA) is 74.2 Å². The van der Waals surface area contributed by atoms with Crippen LogP contribution in [-0.4, -0.2) is 49.1 Å². The second kappa shape index (κ2) is 6.40. The number of fused-ring (bicyclic) bond motifs is 4. The van der Waals surface area contributed by atoms with E-state index in [9.17, 15) is 9.90 Å². The van der Waals surface area contributed by atoms with Crippen LogP contribution < -0.4 is 0 Å². The van der Waals surface area contributed by atoms with Crippen LogP contribution in [0.4, 0.5) is 0 Å². The van der Waals surface area contributed by atoms with Crippen molar-refractivity contribution in [1.29, 1.82) is 0 Å². The molecule has 2 spiro atoms. The fraction of sp³-hybridized carbons (Fsp3) is 0.955. The summed E-state index contributed by atoms with van der Waals surface area (Å²) in [6, 6.07) is 0. The van der Waals surface area contributed by atoms with Crippen LogP contribution >= 0.6 is 0 Å². The van der Waals surface area contributed by atoms with Crippen molar-refractivity contribution in [1.82, 2.24) is 0 Å². The summed E-state index contributed by atoms with van der Waals surface area (Å²) < 4.78 is 24.9. The van der Waals surface area contributed by atoms with Crippen LogP contribution in [0.3, 0.4) is 0 Å². The number of hydrogen-bond acceptors (Lipinski definition) is 5. The van der Waals surface area contributed by atoms with Gasteiger partial charge in [-0.25, -0.2) is 0 Å². The Hall–Kier alpha value is -0.690. The largest absolute Gasteiger partial charge is 0.481 e. The minimum atomic E-state index is -0.732. The summed E-state index contributed by atoms with van der Waals surface area (Å²) in [7, 11) is 0. The molecule has 1 N–H and O–H groups in total. The van der Waals surface area contributed by atoms with Gasteiger partial charge in [0.25, 0.3) is 0 Å². The van der Waals surface area contributed by atoms with E-state index in [0.717, 1.165) is 38.5 Å². The molecule has 0 aromatic heterocycles. The first-order chi connectivity index (χ1) is 13.4. The summed E-state index contributed by atoms with van der Waals surface area (Å²) >= 11 is 0. The van der Waals surface area contributed by atoms with E-state index < -0.39 is 17.5 Å². The van der Waals surface area contributed by atoms with Gasteiger partial charge in [-0.2, -0.15) is 0 Å². The van der Waals surface area contributed by atoms with Crippen molar-refractivity contribution >= 4 is 5.97 Å². The Labute approximate surface area is 167 Å². The molecule has 3 aliphatic carbocycles. The van der Waals surface area contributed by atoms with Crippen molar-refractivity contribution in [2.24, 2.45) is 28.6 Å². The van der Waals surface area contributed by atoms with Gasteiger partial charge in [-0.05, 0) is 49.9 Å². The summed E-state index contributed by atoms with van der Waals surface area (Å²) in [5, 5.41) is 9.40. The predicted molar refractivity (Wildman–Crippen MR) is 101 cm³/mol. The van der Waals surface area contributed by atoms with E-state index in [-0.39, 0.29) is 17.3 Å². The second-order valence-electron chi connectivity index (χ2n) is 10.1. The zero-order valence-corrected chi connectivity index (χ0v) is 17.2. The maximum absolute atomic E-state index is 11.4. The summed E-state index contributed by atoms with van der Waals surface area (Å²) in [4.78, 5) is 11.4. The second-order valence-corrected chi connectivity index (χ2v) is 10.1. The molecular formula is C22H34O6. The van der Waals surface area contributed by atoms with Crippen LogP contribution in [0.5, 0.6) is 0 Å². The fourth-order valence-corrected chi connectivity index (χ4v) is 7.96. The van der Waals surface area contributed by atoms with Crippen LogP contribution in [0.25, 0.3) is 0 Å². The molecule has 0 bridgehead atoms. The molecule has 2 aliphatic heterocycles. The monoisotopic (exact) mass is 394 g/mol. The van der Waals surface area contributed by atoms with Crippen LogP contribution in [0.15, 0.2) is 0 Å². The van der Waals surface area contributed by atoms with Gasteiger partial charge in [0.05, 0.1) is 26.4 Å². The van der Waals surface area contributed by atoms with E-state index in [1.807, 2.05) is 0 Å². The molecule has 2 saturated heterocycles. The number of carboxylic acids is 1.